The minimum absolute atomic E-state index is 0.113. The van der Waals surface area contributed by atoms with Crippen molar-refractivity contribution in [3.8, 4) is 0 Å². The van der Waals surface area contributed by atoms with Gasteiger partial charge in [0, 0.05) is 31.6 Å². The Labute approximate surface area is 148 Å². The second-order valence-corrected chi connectivity index (χ2v) is 7.83. The maximum Gasteiger partial charge on any atom is 0.282 e. The van der Waals surface area contributed by atoms with Crippen LogP contribution >= 0.6 is 27.3 Å². The van der Waals surface area contributed by atoms with Crippen LogP contribution in [0.4, 0.5) is 5.69 Å². The van der Waals surface area contributed by atoms with Crippen LogP contribution in [-0.2, 0) is 13.6 Å². The van der Waals surface area contributed by atoms with E-state index in [0.29, 0.717) is 10.4 Å². The molecule has 2 aromatic heterocycles. The Morgan fingerprint density at radius 1 is 1.52 bits per heavy atom. The highest BCUT2D eigenvalue weighted by molar-refractivity contribution is 9.10. The predicted molar refractivity (Wildman–Crippen MR) is 98.0 cm³/mol. The number of hydrogen-bond donors (Lipinski definition) is 1. The summed E-state index contributed by atoms with van der Waals surface area (Å²) in [6.45, 7) is 4.19. The van der Waals surface area contributed by atoms with E-state index in [0.717, 1.165) is 25.3 Å². The lowest BCUT2D eigenvalue weighted by Crippen LogP contribution is -2.37. The Balaban J connectivity index is 1.56. The molecule has 1 aliphatic rings. The molecule has 124 valence electrons. The average Bonchev–Trinajstić information content (AvgIpc) is 3.05. The van der Waals surface area contributed by atoms with E-state index in [1.165, 1.54) is 28.9 Å². The van der Waals surface area contributed by atoms with Crippen LogP contribution in [0.3, 0.4) is 0 Å². The molecule has 0 amide bonds. The minimum Gasteiger partial charge on any atom is -0.382 e. The maximum atomic E-state index is 11.9. The number of likely N-dealkylation sites (tertiary alicyclic amines) is 1. The van der Waals surface area contributed by atoms with E-state index in [-0.39, 0.29) is 5.56 Å². The van der Waals surface area contributed by atoms with E-state index in [1.54, 1.807) is 13.2 Å². The fourth-order valence-electron chi connectivity index (χ4n) is 2.97. The van der Waals surface area contributed by atoms with Crippen molar-refractivity contribution in [3.63, 3.8) is 0 Å². The predicted octanol–water partition coefficient (Wildman–Crippen LogP) is 2.93. The van der Waals surface area contributed by atoms with Gasteiger partial charge in [-0.2, -0.15) is 5.10 Å². The van der Waals surface area contributed by atoms with E-state index < -0.39 is 0 Å². The molecule has 1 unspecified atom stereocenters. The van der Waals surface area contributed by atoms with Gasteiger partial charge in [-0.05, 0) is 52.7 Å². The Hall–Kier alpha value is -1.18. The molecule has 5 nitrogen and oxygen atoms in total. The Bertz CT molecular complexity index is 701. The highest BCUT2D eigenvalue weighted by Gasteiger charge is 2.20. The SMILES string of the molecule is Cn1ncc(NCC2CCCN(Cc3cccs3)C2)c(Br)c1=O. The summed E-state index contributed by atoms with van der Waals surface area (Å²) in [6, 6.07) is 4.32. The lowest BCUT2D eigenvalue weighted by atomic mass is 9.98. The monoisotopic (exact) mass is 396 g/mol. The van der Waals surface area contributed by atoms with Gasteiger partial charge in [0.1, 0.15) is 4.47 Å². The minimum atomic E-state index is -0.113. The van der Waals surface area contributed by atoms with Crippen molar-refractivity contribution in [2.45, 2.75) is 19.4 Å². The maximum absolute atomic E-state index is 11.9. The first-order valence-electron chi connectivity index (χ1n) is 7.84. The number of piperidine rings is 1. The van der Waals surface area contributed by atoms with E-state index in [2.05, 4.69) is 48.8 Å². The van der Waals surface area contributed by atoms with Crippen LogP contribution in [-0.4, -0.2) is 34.3 Å². The fourth-order valence-corrected chi connectivity index (χ4v) is 4.22. The number of nitrogens with zero attached hydrogens (tertiary/aromatic N) is 3. The van der Waals surface area contributed by atoms with Crippen LogP contribution in [0.1, 0.15) is 17.7 Å². The highest BCUT2D eigenvalue weighted by atomic mass is 79.9. The molecule has 23 heavy (non-hydrogen) atoms. The van der Waals surface area contributed by atoms with Gasteiger partial charge >= 0.3 is 0 Å². The van der Waals surface area contributed by atoms with E-state index >= 15 is 0 Å². The van der Waals surface area contributed by atoms with Crippen LogP contribution in [0, 0.1) is 5.92 Å². The molecule has 1 fully saturated rings. The zero-order valence-corrected chi connectivity index (χ0v) is 15.6. The molecular weight excluding hydrogens is 376 g/mol. The Kier molecular flexibility index (Phi) is 5.50. The zero-order valence-electron chi connectivity index (χ0n) is 13.2. The van der Waals surface area contributed by atoms with E-state index in [1.807, 2.05) is 11.3 Å². The Morgan fingerprint density at radius 2 is 2.39 bits per heavy atom. The molecule has 1 saturated heterocycles. The summed E-state index contributed by atoms with van der Waals surface area (Å²) < 4.78 is 1.89. The number of thiophene rings is 1. The molecule has 7 heteroatoms. The summed E-state index contributed by atoms with van der Waals surface area (Å²) in [5, 5.41) is 9.59. The van der Waals surface area contributed by atoms with Gasteiger partial charge in [0.05, 0.1) is 11.9 Å². The third kappa shape index (κ3) is 4.22. The molecular formula is C16H21BrN4OS. The largest absolute Gasteiger partial charge is 0.382 e. The molecule has 1 N–H and O–H groups in total. The van der Waals surface area contributed by atoms with Gasteiger partial charge in [-0.1, -0.05) is 6.07 Å². The van der Waals surface area contributed by atoms with Crippen molar-refractivity contribution in [2.75, 3.05) is 25.0 Å². The number of rotatable bonds is 5. The van der Waals surface area contributed by atoms with Gasteiger partial charge in [-0.25, -0.2) is 4.68 Å². The lowest BCUT2D eigenvalue weighted by Gasteiger charge is -2.32. The molecule has 0 aliphatic carbocycles. The quantitative estimate of drug-likeness (QED) is 0.843. The van der Waals surface area contributed by atoms with Crippen LogP contribution < -0.4 is 10.9 Å². The molecule has 0 aromatic carbocycles. The first kappa shape index (κ1) is 16.7. The van der Waals surface area contributed by atoms with Crippen molar-refractivity contribution in [2.24, 2.45) is 13.0 Å². The number of aromatic nitrogens is 2. The van der Waals surface area contributed by atoms with Crippen LogP contribution in [0.5, 0.6) is 0 Å². The van der Waals surface area contributed by atoms with Crippen molar-refractivity contribution in [1.29, 1.82) is 0 Å². The molecule has 0 radical (unpaired) electrons. The summed E-state index contributed by atoms with van der Waals surface area (Å²) >= 11 is 5.19. The number of anilines is 1. The normalized spacial score (nSPS) is 19.0. The summed E-state index contributed by atoms with van der Waals surface area (Å²) in [5.74, 6) is 0.597. The fraction of sp³-hybridized carbons (Fsp3) is 0.500. The number of halogens is 1. The molecule has 0 saturated carbocycles. The number of aryl methyl sites for hydroxylation is 1. The molecule has 0 bridgehead atoms. The van der Waals surface area contributed by atoms with Crippen LogP contribution in [0.2, 0.25) is 0 Å². The number of hydrogen-bond acceptors (Lipinski definition) is 5. The van der Waals surface area contributed by atoms with Gasteiger partial charge in [0.25, 0.3) is 5.56 Å². The summed E-state index contributed by atoms with van der Waals surface area (Å²) in [6.07, 6.45) is 4.16. The van der Waals surface area contributed by atoms with Crippen molar-refractivity contribution >= 4 is 33.0 Å². The smallest absolute Gasteiger partial charge is 0.282 e. The first-order valence-corrected chi connectivity index (χ1v) is 9.51. The van der Waals surface area contributed by atoms with Crippen molar-refractivity contribution in [3.05, 3.63) is 43.4 Å². The van der Waals surface area contributed by atoms with E-state index in [9.17, 15) is 4.79 Å². The topological polar surface area (TPSA) is 50.2 Å². The summed E-state index contributed by atoms with van der Waals surface area (Å²) in [7, 11) is 1.65. The first-order chi connectivity index (χ1) is 11.1. The summed E-state index contributed by atoms with van der Waals surface area (Å²) in [5.41, 5.74) is 0.668. The van der Waals surface area contributed by atoms with Gasteiger partial charge in [-0.3, -0.25) is 9.69 Å². The molecule has 1 aliphatic heterocycles. The Morgan fingerprint density at radius 3 is 3.17 bits per heavy atom. The van der Waals surface area contributed by atoms with Gasteiger partial charge in [0.15, 0.2) is 0 Å². The molecule has 3 rings (SSSR count). The third-order valence-corrected chi connectivity index (χ3v) is 5.85. The molecule has 2 aromatic rings. The number of nitrogens with one attached hydrogen (secondary N) is 1. The average molecular weight is 397 g/mol. The molecule has 1 atom stereocenters. The van der Waals surface area contributed by atoms with Gasteiger partial charge in [0.2, 0.25) is 0 Å². The van der Waals surface area contributed by atoms with Crippen molar-refractivity contribution in [1.82, 2.24) is 14.7 Å². The third-order valence-electron chi connectivity index (χ3n) is 4.22. The highest BCUT2D eigenvalue weighted by Crippen LogP contribution is 2.22. The molecule has 0 spiro atoms. The lowest BCUT2D eigenvalue weighted by molar-refractivity contribution is 0.174. The standard InChI is InChI=1S/C16H21BrN4OS/c1-20-16(22)15(17)14(9-19-20)18-8-12-4-2-6-21(10-12)11-13-5-3-7-23-13/h3,5,7,9,12,18H,2,4,6,8,10-11H2,1H3. The van der Waals surface area contributed by atoms with Crippen LogP contribution in [0.15, 0.2) is 33.0 Å². The second kappa shape index (κ2) is 7.59. The van der Waals surface area contributed by atoms with Crippen LogP contribution in [0.25, 0.3) is 0 Å². The summed E-state index contributed by atoms with van der Waals surface area (Å²) in [4.78, 5) is 15.8. The molecule has 3 heterocycles. The van der Waals surface area contributed by atoms with Gasteiger partial charge in [-0.15, -0.1) is 11.3 Å². The van der Waals surface area contributed by atoms with E-state index in [4.69, 9.17) is 0 Å². The van der Waals surface area contributed by atoms with Gasteiger partial charge < -0.3 is 5.32 Å². The second-order valence-electron chi connectivity index (χ2n) is 6.00. The van der Waals surface area contributed by atoms with Crippen molar-refractivity contribution < 1.29 is 0 Å². The zero-order chi connectivity index (χ0) is 16.2.